The van der Waals surface area contributed by atoms with Crippen LogP contribution in [0.2, 0.25) is 0 Å². The second-order valence-corrected chi connectivity index (χ2v) is 7.86. The number of benzene rings is 1. The van der Waals surface area contributed by atoms with Gasteiger partial charge < -0.3 is 9.64 Å². The Hall–Kier alpha value is -1.14. The highest BCUT2D eigenvalue weighted by Gasteiger charge is 2.31. The number of carbonyl (C=O) groups excluding carboxylic acids is 1. The molecule has 1 aromatic carbocycles. The monoisotopic (exact) mass is 386 g/mol. The maximum Gasteiger partial charge on any atom is 0.410 e. The minimum Gasteiger partial charge on any atom is -0.444 e. The van der Waals surface area contributed by atoms with E-state index in [9.17, 15) is 9.18 Å². The number of hydrogen-bond acceptors (Lipinski definition) is 3. The van der Waals surface area contributed by atoms with E-state index in [1.54, 1.807) is 18.0 Å². The van der Waals surface area contributed by atoms with Crippen molar-refractivity contribution in [2.45, 2.75) is 45.4 Å². The molecule has 0 N–H and O–H groups in total. The standard InChI is InChI=1S/C17H24BrFN2O2/c1-17(2,3)23-16(22)20(4)14-7-8-21(11-14)10-12-5-6-13(19)9-15(12)18/h5-6,9,14H,7-8,10-11H2,1-4H3. The van der Waals surface area contributed by atoms with E-state index in [0.717, 1.165) is 36.1 Å². The first-order valence-corrected chi connectivity index (χ1v) is 8.57. The number of carbonyl (C=O) groups is 1. The summed E-state index contributed by atoms with van der Waals surface area (Å²) in [5, 5.41) is 0. The molecule has 0 saturated carbocycles. The fraction of sp³-hybridized carbons (Fsp3) is 0.588. The Morgan fingerprint density at radius 1 is 1.48 bits per heavy atom. The zero-order chi connectivity index (χ0) is 17.2. The zero-order valence-electron chi connectivity index (χ0n) is 14.1. The number of likely N-dealkylation sites (tertiary alicyclic amines) is 1. The van der Waals surface area contributed by atoms with Crippen LogP contribution < -0.4 is 0 Å². The van der Waals surface area contributed by atoms with E-state index in [0.29, 0.717) is 0 Å². The third-order valence-corrected chi connectivity index (χ3v) is 4.62. The molecule has 1 atom stereocenters. The van der Waals surface area contributed by atoms with E-state index < -0.39 is 5.60 Å². The number of amides is 1. The van der Waals surface area contributed by atoms with Crippen LogP contribution in [0.1, 0.15) is 32.8 Å². The van der Waals surface area contributed by atoms with Gasteiger partial charge in [0.15, 0.2) is 0 Å². The molecule has 0 aromatic heterocycles. The number of hydrogen-bond donors (Lipinski definition) is 0. The Morgan fingerprint density at radius 3 is 2.78 bits per heavy atom. The summed E-state index contributed by atoms with van der Waals surface area (Å²) in [4.78, 5) is 16.1. The number of likely N-dealkylation sites (N-methyl/N-ethyl adjacent to an activating group) is 1. The highest BCUT2D eigenvalue weighted by Crippen LogP contribution is 2.23. The molecule has 0 aliphatic carbocycles. The highest BCUT2D eigenvalue weighted by molar-refractivity contribution is 9.10. The van der Waals surface area contributed by atoms with Crippen molar-refractivity contribution in [3.8, 4) is 0 Å². The van der Waals surface area contributed by atoms with Crippen LogP contribution in [0.4, 0.5) is 9.18 Å². The summed E-state index contributed by atoms with van der Waals surface area (Å²) < 4.78 is 19.3. The van der Waals surface area contributed by atoms with Gasteiger partial charge in [0.05, 0.1) is 0 Å². The maximum atomic E-state index is 13.2. The first-order valence-electron chi connectivity index (χ1n) is 7.78. The molecule has 1 aliphatic heterocycles. The van der Waals surface area contributed by atoms with Crippen molar-refractivity contribution in [2.24, 2.45) is 0 Å². The smallest absolute Gasteiger partial charge is 0.410 e. The molecule has 4 nitrogen and oxygen atoms in total. The van der Waals surface area contributed by atoms with Gasteiger partial charge in [-0.15, -0.1) is 0 Å². The van der Waals surface area contributed by atoms with E-state index in [2.05, 4.69) is 20.8 Å². The highest BCUT2D eigenvalue weighted by atomic mass is 79.9. The molecule has 0 radical (unpaired) electrons. The van der Waals surface area contributed by atoms with E-state index >= 15 is 0 Å². The van der Waals surface area contributed by atoms with Crippen molar-refractivity contribution in [1.29, 1.82) is 0 Å². The van der Waals surface area contributed by atoms with Gasteiger partial charge >= 0.3 is 6.09 Å². The second kappa shape index (κ2) is 7.18. The SMILES string of the molecule is CN(C(=O)OC(C)(C)C)C1CCN(Cc2ccc(F)cc2Br)C1. The molecule has 128 valence electrons. The van der Waals surface area contributed by atoms with Crippen molar-refractivity contribution in [1.82, 2.24) is 9.80 Å². The largest absolute Gasteiger partial charge is 0.444 e. The minimum absolute atomic E-state index is 0.143. The Kier molecular flexibility index (Phi) is 5.68. The lowest BCUT2D eigenvalue weighted by atomic mass is 10.2. The molecular weight excluding hydrogens is 363 g/mol. The number of rotatable bonds is 3. The third kappa shape index (κ3) is 5.18. The topological polar surface area (TPSA) is 32.8 Å². The Bertz CT molecular complexity index is 574. The lowest BCUT2D eigenvalue weighted by Crippen LogP contribution is -2.42. The van der Waals surface area contributed by atoms with Crippen molar-refractivity contribution in [3.05, 3.63) is 34.1 Å². The van der Waals surface area contributed by atoms with E-state index in [1.807, 2.05) is 20.8 Å². The molecule has 1 saturated heterocycles. The molecule has 1 unspecified atom stereocenters. The summed E-state index contributed by atoms with van der Waals surface area (Å²) in [5.74, 6) is -0.246. The van der Waals surface area contributed by atoms with Crippen LogP contribution in [0, 0.1) is 5.82 Å². The van der Waals surface area contributed by atoms with Gasteiger partial charge in [-0.25, -0.2) is 9.18 Å². The van der Waals surface area contributed by atoms with Crippen molar-refractivity contribution >= 4 is 22.0 Å². The minimum atomic E-state index is -0.484. The summed E-state index contributed by atoms with van der Waals surface area (Å²) in [7, 11) is 1.79. The number of ether oxygens (including phenoxy) is 1. The average Bonchev–Trinajstić information content (AvgIpc) is 2.87. The zero-order valence-corrected chi connectivity index (χ0v) is 15.7. The summed E-state index contributed by atoms with van der Waals surface area (Å²) in [6.07, 6.45) is 0.626. The van der Waals surface area contributed by atoms with Crippen molar-refractivity contribution in [3.63, 3.8) is 0 Å². The fourth-order valence-corrected chi connectivity index (χ4v) is 3.12. The summed E-state index contributed by atoms with van der Waals surface area (Å²) in [5.41, 5.74) is 0.565. The van der Waals surface area contributed by atoms with Crippen LogP contribution in [-0.2, 0) is 11.3 Å². The van der Waals surface area contributed by atoms with Gasteiger partial charge in [0.2, 0.25) is 0 Å². The van der Waals surface area contributed by atoms with Gasteiger partial charge in [-0.05, 0) is 44.9 Å². The van der Waals surface area contributed by atoms with E-state index in [-0.39, 0.29) is 18.0 Å². The van der Waals surface area contributed by atoms with Crippen LogP contribution in [0.5, 0.6) is 0 Å². The van der Waals surface area contributed by atoms with Gasteiger partial charge in [-0.3, -0.25) is 4.90 Å². The third-order valence-electron chi connectivity index (χ3n) is 3.89. The Balaban J connectivity index is 1.91. The molecule has 1 fully saturated rings. The van der Waals surface area contributed by atoms with Crippen LogP contribution in [0.3, 0.4) is 0 Å². The Labute approximate surface area is 145 Å². The van der Waals surface area contributed by atoms with Gasteiger partial charge in [-0.1, -0.05) is 22.0 Å². The average molecular weight is 387 g/mol. The maximum absolute atomic E-state index is 13.2. The first-order chi connectivity index (χ1) is 10.7. The van der Waals surface area contributed by atoms with Crippen LogP contribution in [0.15, 0.2) is 22.7 Å². The van der Waals surface area contributed by atoms with E-state index in [1.165, 1.54) is 12.1 Å². The summed E-state index contributed by atoms with van der Waals surface area (Å²) in [6, 6.07) is 4.89. The van der Waals surface area contributed by atoms with Crippen LogP contribution >= 0.6 is 15.9 Å². The molecule has 0 spiro atoms. The van der Waals surface area contributed by atoms with E-state index in [4.69, 9.17) is 4.74 Å². The molecule has 1 heterocycles. The lowest BCUT2D eigenvalue weighted by Gasteiger charge is -2.28. The quantitative estimate of drug-likeness (QED) is 0.785. The molecule has 23 heavy (non-hydrogen) atoms. The first kappa shape index (κ1) is 18.2. The molecule has 0 bridgehead atoms. The van der Waals surface area contributed by atoms with Gasteiger partial charge in [0.1, 0.15) is 11.4 Å². The summed E-state index contributed by atoms with van der Waals surface area (Å²) >= 11 is 3.40. The molecule has 1 aromatic rings. The van der Waals surface area contributed by atoms with Crippen LogP contribution in [-0.4, -0.2) is 47.7 Å². The predicted molar refractivity (Wildman–Crippen MR) is 91.8 cm³/mol. The van der Waals surface area contributed by atoms with Gasteiger partial charge in [-0.2, -0.15) is 0 Å². The van der Waals surface area contributed by atoms with Crippen molar-refractivity contribution in [2.75, 3.05) is 20.1 Å². The molecule has 1 aliphatic rings. The van der Waals surface area contributed by atoms with Crippen LogP contribution in [0.25, 0.3) is 0 Å². The van der Waals surface area contributed by atoms with Gasteiger partial charge in [0, 0.05) is 37.2 Å². The molecule has 1 amide bonds. The Morgan fingerprint density at radius 2 is 2.17 bits per heavy atom. The normalized spacial score (nSPS) is 19.0. The van der Waals surface area contributed by atoms with Gasteiger partial charge in [0.25, 0.3) is 0 Å². The van der Waals surface area contributed by atoms with Crippen molar-refractivity contribution < 1.29 is 13.9 Å². The molecular formula is C17H24BrFN2O2. The second-order valence-electron chi connectivity index (χ2n) is 7.00. The molecule has 6 heteroatoms. The summed E-state index contributed by atoms with van der Waals surface area (Å²) in [6.45, 7) is 8.03. The fourth-order valence-electron chi connectivity index (χ4n) is 2.65. The number of nitrogens with zero attached hydrogens (tertiary/aromatic N) is 2. The number of halogens is 2. The lowest BCUT2D eigenvalue weighted by molar-refractivity contribution is 0.0228. The predicted octanol–water partition coefficient (Wildman–Crippen LogP) is 4.03. The molecule has 2 rings (SSSR count).